The van der Waals surface area contributed by atoms with Gasteiger partial charge in [0.25, 0.3) is 0 Å². The van der Waals surface area contributed by atoms with Gasteiger partial charge >= 0.3 is 11.9 Å². The van der Waals surface area contributed by atoms with Gasteiger partial charge in [0.1, 0.15) is 5.76 Å². The molecule has 122 valence electrons. The molecule has 0 saturated heterocycles. The van der Waals surface area contributed by atoms with Gasteiger partial charge < -0.3 is 9.47 Å². The minimum Gasteiger partial charge on any atom is -0.428 e. The van der Waals surface area contributed by atoms with E-state index in [0.29, 0.717) is 12.0 Å². The molecule has 1 aliphatic rings. The largest absolute Gasteiger partial charge is 0.428 e. The van der Waals surface area contributed by atoms with Gasteiger partial charge in [-0.15, -0.1) is 0 Å². The molecule has 1 atom stereocenters. The van der Waals surface area contributed by atoms with Gasteiger partial charge in [0.05, 0.1) is 0 Å². The molecule has 1 heterocycles. The molecule has 0 amide bonds. The number of rotatable bonds is 6. The topological polar surface area (TPSA) is 65.0 Å². The Balaban J connectivity index is 2.35. The highest BCUT2D eigenvalue weighted by molar-refractivity contribution is 6.09. The maximum absolute atomic E-state index is 12.4. The van der Waals surface area contributed by atoms with Crippen LogP contribution in [0.5, 0.6) is 0 Å². The maximum Gasteiger partial charge on any atom is 0.348 e. The first-order valence-electron chi connectivity index (χ1n) is 7.74. The lowest BCUT2D eigenvalue weighted by Crippen LogP contribution is -2.34. The first-order chi connectivity index (χ1) is 11.0. The summed E-state index contributed by atoms with van der Waals surface area (Å²) >= 11 is 0. The summed E-state index contributed by atoms with van der Waals surface area (Å²) in [6, 6.07) is 9.17. The molecule has 1 aromatic carbocycles. The highest BCUT2D eigenvalue weighted by Gasteiger charge is 2.47. The highest BCUT2D eigenvalue weighted by Crippen LogP contribution is 2.31. The monoisotopic (exact) mass is 315 g/mol. The minimum absolute atomic E-state index is 0.231. The average Bonchev–Trinajstić information content (AvgIpc) is 2.84. The third kappa shape index (κ3) is 3.86. The summed E-state index contributed by atoms with van der Waals surface area (Å²) in [5, 5.41) is 0. The van der Waals surface area contributed by atoms with Crippen LogP contribution in [0.1, 0.15) is 45.6 Å². The summed E-state index contributed by atoms with van der Waals surface area (Å²) in [5.41, 5.74) is -0.620. The smallest absolute Gasteiger partial charge is 0.348 e. The predicted octanol–water partition coefficient (Wildman–Crippen LogP) is 3.39. The second kappa shape index (κ2) is 7.22. The normalized spacial score (nSPS) is 20.9. The Kier molecular flexibility index (Phi) is 5.32. The van der Waals surface area contributed by atoms with E-state index in [0.717, 1.165) is 12.8 Å². The molecule has 1 aromatic rings. The van der Waals surface area contributed by atoms with Crippen LogP contribution in [0.15, 0.2) is 47.2 Å². The predicted molar refractivity (Wildman–Crippen MR) is 86.9 cm³/mol. The van der Waals surface area contributed by atoms with Crippen LogP contribution in [0.4, 0.5) is 0 Å². The Morgan fingerprint density at radius 3 is 2.65 bits per heavy atom. The lowest BCUT2D eigenvalue weighted by atomic mass is 9.99. The van der Waals surface area contributed by atoms with Gasteiger partial charge in [-0.05, 0) is 38.0 Å². The molecule has 0 saturated carbocycles. The van der Waals surface area contributed by atoms with Crippen molar-refractivity contribution in [1.82, 2.24) is 0 Å². The third-order valence-electron chi connectivity index (χ3n) is 3.55. The Morgan fingerprint density at radius 1 is 1.35 bits per heavy atom. The fourth-order valence-electron chi connectivity index (χ4n) is 2.25. The maximum atomic E-state index is 12.4. The van der Waals surface area contributed by atoms with E-state index >= 15 is 0 Å². The van der Waals surface area contributed by atoms with Gasteiger partial charge in [-0.3, -0.25) is 4.79 Å². The second-order valence-corrected chi connectivity index (χ2v) is 5.55. The summed E-state index contributed by atoms with van der Waals surface area (Å²) < 4.78 is 10.6. The third-order valence-corrected chi connectivity index (χ3v) is 3.55. The van der Waals surface area contributed by atoms with Crippen LogP contribution in [0.3, 0.4) is 0 Å². The number of cyclic esters (lactones) is 1. The summed E-state index contributed by atoms with van der Waals surface area (Å²) in [6.45, 7) is 4.97. The highest BCUT2D eigenvalue weighted by atomic mass is 16.6. The van der Waals surface area contributed by atoms with Gasteiger partial charge in [-0.2, -0.15) is 0 Å². The van der Waals surface area contributed by atoms with E-state index in [4.69, 9.17) is 9.47 Å². The Labute approximate surface area is 136 Å². The van der Waals surface area contributed by atoms with Gasteiger partial charge in [0.2, 0.25) is 11.4 Å². The first-order valence-corrected chi connectivity index (χ1v) is 7.74. The Morgan fingerprint density at radius 2 is 2.04 bits per heavy atom. The fourth-order valence-corrected chi connectivity index (χ4v) is 2.25. The van der Waals surface area contributed by atoms with Crippen molar-refractivity contribution >= 4 is 17.8 Å². The van der Waals surface area contributed by atoms with Gasteiger partial charge in [0, 0.05) is 12.5 Å². The van der Waals surface area contributed by atoms with E-state index in [1.54, 1.807) is 13.0 Å². The van der Waals surface area contributed by atoms with Gasteiger partial charge in [-0.1, -0.05) is 31.5 Å². The van der Waals surface area contributed by atoms with Crippen LogP contribution in [-0.2, 0) is 19.1 Å². The molecule has 0 N–H and O–H groups in total. The molecule has 0 spiro atoms. The Bertz CT molecular complexity index is 648. The van der Waals surface area contributed by atoms with Crippen LogP contribution in [0.2, 0.25) is 0 Å². The minimum atomic E-state index is -1.33. The molecule has 2 rings (SSSR count). The lowest BCUT2D eigenvalue weighted by molar-refractivity contribution is -0.142. The molecule has 5 heteroatoms. The molecular formula is C18H21NO4. The SMILES string of the molecule is CCCC/C=C(\OC(C)=O)C1(C)N=C(c2ccccc2)OC1=O. The van der Waals surface area contributed by atoms with Gasteiger partial charge in [-0.25, -0.2) is 9.79 Å². The zero-order chi connectivity index (χ0) is 16.9. The molecular weight excluding hydrogens is 294 g/mol. The van der Waals surface area contributed by atoms with E-state index < -0.39 is 17.5 Å². The van der Waals surface area contributed by atoms with Crippen LogP contribution < -0.4 is 0 Å². The molecule has 0 bridgehead atoms. The summed E-state index contributed by atoms with van der Waals surface area (Å²) in [6.07, 6.45) is 4.40. The van der Waals surface area contributed by atoms with Crippen molar-refractivity contribution in [3.05, 3.63) is 47.7 Å². The molecule has 1 unspecified atom stereocenters. The zero-order valence-electron chi connectivity index (χ0n) is 13.7. The standard InChI is InChI=1S/C18H21NO4/c1-4-5-7-12-15(22-13(2)20)18(3)17(21)23-16(19-18)14-10-8-6-9-11-14/h6,8-12H,4-5,7H2,1-3H3/b15-12-. The van der Waals surface area contributed by atoms with Crippen LogP contribution in [0.25, 0.3) is 0 Å². The number of aliphatic imine (C=N–C) groups is 1. The summed E-state index contributed by atoms with van der Waals surface area (Å²) in [5.74, 6) is -0.550. The number of benzene rings is 1. The molecule has 1 aliphatic heterocycles. The quantitative estimate of drug-likeness (QED) is 0.458. The molecule has 23 heavy (non-hydrogen) atoms. The fraction of sp³-hybridized carbons (Fsp3) is 0.389. The number of allylic oxidation sites excluding steroid dienone is 1. The van der Waals surface area contributed by atoms with E-state index in [1.807, 2.05) is 30.3 Å². The molecule has 0 aromatic heterocycles. The van der Waals surface area contributed by atoms with Crippen LogP contribution in [0, 0.1) is 0 Å². The van der Waals surface area contributed by atoms with E-state index in [1.165, 1.54) is 6.92 Å². The van der Waals surface area contributed by atoms with Crippen molar-refractivity contribution in [2.45, 2.75) is 45.6 Å². The molecule has 0 aliphatic carbocycles. The number of esters is 2. The number of unbranched alkanes of at least 4 members (excludes halogenated alkanes) is 2. The number of hydrogen-bond donors (Lipinski definition) is 0. The number of ether oxygens (including phenoxy) is 2. The van der Waals surface area contributed by atoms with Crippen molar-refractivity contribution in [3.63, 3.8) is 0 Å². The zero-order valence-corrected chi connectivity index (χ0v) is 13.7. The summed E-state index contributed by atoms with van der Waals surface area (Å²) in [7, 11) is 0. The lowest BCUT2D eigenvalue weighted by Gasteiger charge is -2.19. The number of hydrogen-bond acceptors (Lipinski definition) is 5. The molecule has 0 fully saturated rings. The Hall–Kier alpha value is -2.43. The van der Waals surface area contributed by atoms with Crippen LogP contribution >= 0.6 is 0 Å². The van der Waals surface area contributed by atoms with E-state index in [9.17, 15) is 9.59 Å². The van der Waals surface area contributed by atoms with Gasteiger partial charge in [0.15, 0.2) is 0 Å². The van der Waals surface area contributed by atoms with Crippen molar-refractivity contribution < 1.29 is 19.1 Å². The van der Waals surface area contributed by atoms with Crippen LogP contribution in [-0.4, -0.2) is 23.4 Å². The number of carbonyl (C=O) groups excluding carboxylic acids is 2. The molecule has 5 nitrogen and oxygen atoms in total. The molecule has 0 radical (unpaired) electrons. The van der Waals surface area contributed by atoms with Crippen molar-refractivity contribution in [3.8, 4) is 0 Å². The first kappa shape index (κ1) is 16.9. The van der Waals surface area contributed by atoms with Crippen molar-refractivity contribution in [1.29, 1.82) is 0 Å². The second-order valence-electron chi connectivity index (χ2n) is 5.55. The number of nitrogens with zero attached hydrogens (tertiary/aromatic N) is 1. The average molecular weight is 315 g/mol. The van der Waals surface area contributed by atoms with Crippen molar-refractivity contribution in [2.24, 2.45) is 4.99 Å². The van der Waals surface area contributed by atoms with E-state index in [2.05, 4.69) is 11.9 Å². The number of carbonyl (C=O) groups is 2. The van der Waals surface area contributed by atoms with Crippen molar-refractivity contribution in [2.75, 3.05) is 0 Å². The summed E-state index contributed by atoms with van der Waals surface area (Å²) in [4.78, 5) is 28.1. The van der Waals surface area contributed by atoms with E-state index in [-0.39, 0.29) is 11.7 Å².